The van der Waals surface area contributed by atoms with E-state index in [0.717, 1.165) is 22.7 Å². The fraction of sp³-hybridized carbons (Fsp3) is 0.134. The molecule has 11 aromatic rings. The third kappa shape index (κ3) is 6.61. The quantitative estimate of drug-likeness (QED) is 0.148. The van der Waals surface area contributed by atoms with Gasteiger partial charge in [0.2, 0.25) is 0 Å². The van der Waals surface area contributed by atoms with Crippen LogP contribution in [0.5, 0.6) is 0 Å². The predicted octanol–water partition coefficient (Wildman–Crippen LogP) is 18.8. The highest BCUT2D eigenvalue weighted by Gasteiger charge is 2.37. The minimum Gasteiger partial charge on any atom is -0.309 e. The van der Waals surface area contributed by atoms with Crippen LogP contribution < -0.4 is 4.90 Å². The average molecular weight is 887 g/mol. The largest absolute Gasteiger partial charge is 0.309 e. The van der Waals surface area contributed by atoms with E-state index in [1.54, 1.807) is 0 Å². The summed E-state index contributed by atoms with van der Waals surface area (Å²) in [7, 11) is 0. The normalized spacial score (nSPS) is 14.3. The average Bonchev–Trinajstić information content (AvgIpc) is 3.88. The molecule has 0 saturated heterocycles. The minimum absolute atomic E-state index is 0.127. The van der Waals surface area contributed by atoms with Gasteiger partial charge in [-0.25, -0.2) is 0 Å². The zero-order chi connectivity index (χ0) is 46.1. The number of fused-ring (bicyclic) bond motifs is 7. The van der Waals surface area contributed by atoms with E-state index in [-0.39, 0.29) is 5.41 Å². The van der Waals surface area contributed by atoms with Crippen LogP contribution in [0.1, 0.15) is 68.6 Å². The van der Waals surface area contributed by atoms with E-state index in [9.17, 15) is 0 Å². The highest BCUT2D eigenvalue weighted by molar-refractivity contribution is 6.17. The Hall–Kier alpha value is -7.94. The topological polar surface area (TPSA) is 8.17 Å². The Balaban J connectivity index is 1.11. The summed E-state index contributed by atoms with van der Waals surface area (Å²) in [5.41, 5.74) is 21.1. The monoisotopic (exact) mass is 886 g/mol. The summed E-state index contributed by atoms with van der Waals surface area (Å²) < 4.78 is 2.43. The maximum atomic E-state index is 2.60. The van der Waals surface area contributed by atoms with Crippen molar-refractivity contribution in [1.29, 1.82) is 0 Å². The first-order valence-corrected chi connectivity index (χ1v) is 25.0. The SMILES string of the molecule is CC1(C)c2ccccc2-c2c(-c3ccccc3N(c3ccccc3-c3cccc4cccc(C5CCCCC5)c34)c3ccccc3-c3cccc4c3c3ccccc3n4-c3ccccc3)cccc21. The van der Waals surface area contributed by atoms with Gasteiger partial charge in [-0.3, -0.25) is 0 Å². The summed E-state index contributed by atoms with van der Waals surface area (Å²) in [6.07, 6.45) is 6.41. The van der Waals surface area contributed by atoms with Crippen molar-refractivity contribution in [2.75, 3.05) is 4.90 Å². The van der Waals surface area contributed by atoms with E-state index in [1.165, 1.54) is 126 Å². The number of hydrogen-bond donors (Lipinski definition) is 0. The van der Waals surface area contributed by atoms with Gasteiger partial charge < -0.3 is 9.47 Å². The number of para-hydroxylation sites is 5. The highest BCUT2D eigenvalue weighted by atomic mass is 15.2. The first-order chi connectivity index (χ1) is 34.1. The number of nitrogens with zero attached hydrogens (tertiary/aromatic N) is 2. The smallest absolute Gasteiger partial charge is 0.0547 e. The zero-order valence-corrected chi connectivity index (χ0v) is 39.4. The molecule has 0 atom stereocenters. The van der Waals surface area contributed by atoms with E-state index in [2.05, 4.69) is 248 Å². The molecule has 0 unspecified atom stereocenters. The van der Waals surface area contributed by atoms with Crippen molar-refractivity contribution in [3.8, 4) is 50.2 Å². The predicted molar refractivity (Wildman–Crippen MR) is 293 cm³/mol. The Bertz CT molecular complexity index is 3750. The number of hydrogen-bond acceptors (Lipinski definition) is 1. The van der Waals surface area contributed by atoms with Crippen LogP contribution in [0.2, 0.25) is 0 Å². The van der Waals surface area contributed by atoms with Crippen LogP contribution in [-0.4, -0.2) is 4.57 Å². The van der Waals surface area contributed by atoms with E-state index < -0.39 is 0 Å². The number of rotatable bonds is 8. The molecule has 332 valence electrons. The first-order valence-electron chi connectivity index (χ1n) is 25.0. The van der Waals surface area contributed by atoms with E-state index in [1.807, 2.05) is 0 Å². The molecule has 2 nitrogen and oxygen atoms in total. The van der Waals surface area contributed by atoms with Gasteiger partial charge in [0.1, 0.15) is 0 Å². The van der Waals surface area contributed by atoms with Crippen LogP contribution in [0.3, 0.4) is 0 Å². The molecule has 2 heteroatoms. The minimum atomic E-state index is -0.127. The summed E-state index contributed by atoms with van der Waals surface area (Å²) in [5.74, 6) is 0.555. The van der Waals surface area contributed by atoms with Crippen LogP contribution in [0.25, 0.3) is 82.8 Å². The van der Waals surface area contributed by atoms with Crippen molar-refractivity contribution >= 4 is 49.6 Å². The number of anilines is 3. The second-order valence-corrected chi connectivity index (χ2v) is 19.8. The molecule has 0 bridgehead atoms. The molecule has 10 aromatic carbocycles. The molecule has 0 radical (unpaired) electrons. The highest BCUT2D eigenvalue weighted by Crippen LogP contribution is 2.55. The molecule has 0 amide bonds. The molecular weight excluding hydrogens is 833 g/mol. The lowest BCUT2D eigenvalue weighted by Crippen LogP contribution is -2.15. The lowest BCUT2D eigenvalue weighted by atomic mass is 9.80. The van der Waals surface area contributed by atoms with Gasteiger partial charge in [0.05, 0.1) is 28.1 Å². The molecule has 1 saturated carbocycles. The van der Waals surface area contributed by atoms with Gasteiger partial charge >= 0.3 is 0 Å². The third-order valence-electron chi connectivity index (χ3n) is 15.6. The van der Waals surface area contributed by atoms with Gasteiger partial charge in [0.15, 0.2) is 0 Å². The van der Waals surface area contributed by atoms with E-state index in [4.69, 9.17) is 0 Å². The Morgan fingerprint density at radius 1 is 0.391 bits per heavy atom. The molecule has 1 aromatic heterocycles. The van der Waals surface area contributed by atoms with Gasteiger partial charge in [-0.1, -0.05) is 215 Å². The molecule has 0 aliphatic heterocycles. The summed E-state index contributed by atoms with van der Waals surface area (Å²) in [4.78, 5) is 2.60. The van der Waals surface area contributed by atoms with Crippen LogP contribution in [0.15, 0.2) is 224 Å². The van der Waals surface area contributed by atoms with Gasteiger partial charge in [-0.15, -0.1) is 0 Å². The first kappa shape index (κ1) is 41.3. The number of aromatic nitrogens is 1. The van der Waals surface area contributed by atoms with Crippen molar-refractivity contribution in [2.45, 2.75) is 57.3 Å². The molecule has 0 N–H and O–H groups in total. The maximum Gasteiger partial charge on any atom is 0.0547 e. The summed E-state index contributed by atoms with van der Waals surface area (Å²) in [6, 6.07) is 84.1. The lowest BCUT2D eigenvalue weighted by Gasteiger charge is -2.32. The Kier molecular flexibility index (Phi) is 9.98. The maximum absolute atomic E-state index is 2.60. The standard InChI is InChI=1S/C67H54N2/c1-67(2)57-38-14-9-32-55(57)65-53(36-21-39-58(65)67)50-30-11-16-41-60(50)69(59-40-15-10-29-49(59)52-35-20-26-46-25-19-34-48(64(46)52)45-23-5-3-6-24-45)61-42-17-12-31-51(61)54-37-22-44-63-66(54)56-33-13-18-43-62(56)68(63)47-27-7-4-8-28-47/h4,7-22,25-45H,3,5-6,23-24H2,1-2H3. The van der Waals surface area contributed by atoms with Crippen molar-refractivity contribution in [1.82, 2.24) is 4.57 Å². The summed E-state index contributed by atoms with van der Waals surface area (Å²) in [5, 5.41) is 5.18. The molecule has 1 heterocycles. The van der Waals surface area contributed by atoms with Gasteiger partial charge in [-0.2, -0.15) is 0 Å². The van der Waals surface area contributed by atoms with Crippen LogP contribution in [0, 0.1) is 0 Å². The van der Waals surface area contributed by atoms with Crippen molar-refractivity contribution in [3.05, 3.63) is 241 Å². The van der Waals surface area contributed by atoms with Crippen LogP contribution in [0.4, 0.5) is 17.1 Å². The molecule has 2 aliphatic rings. The molecule has 2 aliphatic carbocycles. The fourth-order valence-electron chi connectivity index (χ4n) is 12.5. The van der Waals surface area contributed by atoms with Crippen LogP contribution in [-0.2, 0) is 5.41 Å². The molecular formula is C67H54N2. The van der Waals surface area contributed by atoms with Crippen molar-refractivity contribution < 1.29 is 0 Å². The number of benzene rings is 10. The summed E-state index contributed by atoms with van der Waals surface area (Å²) in [6.45, 7) is 4.76. The fourth-order valence-corrected chi connectivity index (χ4v) is 12.5. The Morgan fingerprint density at radius 3 is 1.59 bits per heavy atom. The van der Waals surface area contributed by atoms with Gasteiger partial charge in [0.25, 0.3) is 0 Å². The molecule has 1 fully saturated rings. The lowest BCUT2D eigenvalue weighted by molar-refractivity contribution is 0.445. The van der Waals surface area contributed by atoms with Crippen molar-refractivity contribution in [2.24, 2.45) is 0 Å². The summed E-state index contributed by atoms with van der Waals surface area (Å²) >= 11 is 0. The second-order valence-electron chi connectivity index (χ2n) is 19.8. The molecule has 13 rings (SSSR count). The van der Waals surface area contributed by atoms with E-state index >= 15 is 0 Å². The molecule has 69 heavy (non-hydrogen) atoms. The van der Waals surface area contributed by atoms with E-state index in [0.29, 0.717) is 5.92 Å². The third-order valence-corrected chi connectivity index (χ3v) is 15.6. The Morgan fingerprint density at radius 2 is 0.884 bits per heavy atom. The van der Waals surface area contributed by atoms with Crippen molar-refractivity contribution in [3.63, 3.8) is 0 Å². The zero-order valence-electron chi connectivity index (χ0n) is 39.4. The Labute approximate surface area is 405 Å². The molecule has 0 spiro atoms. The second kappa shape index (κ2) is 16.7. The van der Waals surface area contributed by atoms with Gasteiger partial charge in [0, 0.05) is 38.6 Å². The van der Waals surface area contributed by atoms with Crippen LogP contribution >= 0.6 is 0 Å². The van der Waals surface area contributed by atoms with Gasteiger partial charge in [-0.05, 0) is 117 Å².